The minimum absolute atomic E-state index is 0.714. The van der Waals surface area contributed by atoms with Gasteiger partial charge in [0.15, 0.2) is 0 Å². The van der Waals surface area contributed by atoms with E-state index in [0.717, 1.165) is 13.1 Å². The van der Waals surface area contributed by atoms with Gasteiger partial charge in [0, 0.05) is 6.04 Å². The molecule has 0 aromatic heterocycles. The topological polar surface area (TPSA) is 15.3 Å². The molecule has 0 radical (unpaired) electrons. The standard InChI is InChI=1S/C12H28N2/c1-5-7-11-14(4)12(3)8-10-13-9-6-2/h12-13H,5-11H2,1-4H3. The number of nitrogens with zero attached hydrogens (tertiary/aromatic N) is 1. The maximum Gasteiger partial charge on any atom is 0.00759 e. The van der Waals surface area contributed by atoms with Gasteiger partial charge in [0.25, 0.3) is 0 Å². The summed E-state index contributed by atoms with van der Waals surface area (Å²) in [5, 5.41) is 3.45. The third-order valence-corrected chi connectivity index (χ3v) is 2.78. The second-order valence-electron chi connectivity index (χ2n) is 4.22. The van der Waals surface area contributed by atoms with Gasteiger partial charge in [-0.15, -0.1) is 0 Å². The van der Waals surface area contributed by atoms with Gasteiger partial charge in [-0.2, -0.15) is 0 Å². The second kappa shape index (κ2) is 9.47. The zero-order valence-electron chi connectivity index (χ0n) is 10.5. The van der Waals surface area contributed by atoms with Crippen molar-refractivity contribution in [1.29, 1.82) is 0 Å². The minimum Gasteiger partial charge on any atom is -0.317 e. The molecular formula is C12H28N2. The van der Waals surface area contributed by atoms with Crippen molar-refractivity contribution in [3.63, 3.8) is 0 Å². The zero-order chi connectivity index (χ0) is 10.8. The van der Waals surface area contributed by atoms with Crippen LogP contribution < -0.4 is 5.32 Å². The minimum atomic E-state index is 0.714. The van der Waals surface area contributed by atoms with E-state index in [4.69, 9.17) is 0 Å². The lowest BCUT2D eigenvalue weighted by Gasteiger charge is -2.24. The molecule has 0 aromatic carbocycles. The molecule has 1 unspecified atom stereocenters. The monoisotopic (exact) mass is 200 g/mol. The molecule has 0 fully saturated rings. The molecule has 0 rings (SSSR count). The van der Waals surface area contributed by atoms with Gasteiger partial charge in [-0.25, -0.2) is 0 Å². The molecule has 1 N–H and O–H groups in total. The number of nitrogens with one attached hydrogen (secondary N) is 1. The highest BCUT2D eigenvalue weighted by molar-refractivity contribution is 4.64. The van der Waals surface area contributed by atoms with Crippen molar-refractivity contribution in [2.75, 3.05) is 26.7 Å². The molecule has 0 saturated carbocycles. The Bertz CT molecular complexity index is 115. The van der Waals surface area contributed by atoms with Gasteiger partial charge < -0.3 is 10.2 Å². The van der Waals surface area contributed by atoms with Crippen molar-refractivity contribution in [2.45, 2.75) is 52.5 Å². The molecule has 2 nitrogen and oxygen atoms in total. The number of hydrogen-bond donors (Lipinski definition) is 1. The van der Waals surface area contributed by atoms with Crippen molar-refractivity contribution in [3.05, 3.63) is 0 Å². The van der Waals surface area contributed by atoms with E-state index in [1.807, 2.05) is 0 Å². The van der Waals surface area contributed by atoms with Crippen LogP contribution in [0.25, 0.3) is 0 Å². The number of hydrogen-bond acceptors (Lipinski definition) is 2. The van der Waals surface area contributed by atoms with Crippen LogP contribution in [0.5, 0.6) is 0 Å². The van der Waals surface area contributed by atoms with E-state index >= 15 is 0 Å². The second-order valence-corrected chi connectivity index (χ2v) is 4.22. The third kappa shape index (κ3) is 7.34. The molecule has 0 aliphatic heterocycles. The van der Waals surface area contributed by atoms with E-state index in [2.05, 4.69) is 38.0 Å². The van der Waals surface area contributed by atoms with Crippen molar-refractivity contribution in [2.24, 2.45) is 0 Å². The van der Waals surface area contributed by atoms with E-state index in [1.165, 1.54) is 32.2 Å². The summed E-state index contributed by atoms with van der Waals surface area (Å²) in [6, 6.07) is 0.714. The smallest absolute Gasteiger partial charge is 0.00759 e. The molecule has 2 heteroatoms. The first-order valence-electron chi connectivity index (χ1n) is 6.13. The summed E-state index contributed by atoms with van der Waals surface area (Å²) in [6.07, 6.45) is 5.12. The van der Waals surface area contributed by atoms with Crippen LogP contribution in [0, 0.1) is 0 Å². The van der Waals surface area contributed by atoms with Crippen LogP contribution in [-0.2, 0) is 0 Å². The van der Waals surface area contributed by atoms with Crippen LogP contribution >= 0.6 is 0 Å². The maximum absolute atomic E-state index is 3.45. The Kier molecular flexibility index (Phi) is 9.42. The molecule has 0 aliphatic carbocycles. The first-order chi connectivity index (χ1) is 6.72. The predicted molar refractivity (Wildman–Crippen MR) is 64.8 cm³/mol. The van der Waals surface area contributed by atoms with Crippen LogP contribution in [0.4, 0.5) is 0 Å². The largest absolute Gasteiger partial charge is 0.317 e. The Morgan fingerprint density at radius 3 is 2.43 bits per heavy atom. The van der Waals surface area contributed by atoms with Gasteiger partial charge in [-0.3, -0.25) is 0 Å². The van der Waals surface area contributed by atoms with Crippen LogP contribution in [-0.4, -0.2) is 37.6 Å². The molecule has 0 bridgehead atoms. The van der Waals surface area contributed by atoms with E-state index < -0.39 is 0 Å². The molecule has 0 saturated heterocycles. The number of unbranched alkanes of at least 4 members (excludes halogenated alkanes) is 1. The molecule has 86 valence electrons. The number of rotatable bonds is 9. The highest BCUT2D eigenvalue weighted by atomic mass is 15.1. The van der Waals surface area contributed by atoms with Gasteiger partial charge in [0.2, 0.25) is 0 Å². The summed E-state index contributed by atoms with van der Waals surface area (Å²) in [6.45, 7) is 10.3. The molecule has 14 heavy (non-hydrogen) atoms. The Balaban J connectivity index is 3.36. The first kappa shape index (κ1) is 13.9. The lowest BCUT2D eigenvalue weighted by molar-refractivity contribution is 0.241. The molecule has 1 atom stereocenters. The fourth-order valence-corrected chi connectivity index (χ4v) is 1.46. The van der Waals surface area contributed by atoms with Gasteiger partial charge in [0.1, 0.15) is 0 Å². The summed E-state index contributed by atoms with van der Waals surface area (Å²) in [4.78, 5) is 2.47. The lowest BCUT2D eigenvalue weighted by Crippen LogP contribution is -2.33. The molecule has 0 amide bonds. The summed E-state index contributed by atoms with van der Waals surface area (Å²) in [5.74, 6) is 0. The van der Waals surface area contributed by atoms with Crippen LogP contribution in [0.15, 0.2) is 0 Å². The van der Waals surface area contributed by atoms with Gasteiger partial charge >= 0.3 is 0 Å². The quantitative estimate of drug-likeness (QED) is 0.575. The summed E-state index contributed by atoms with van der Waals surface area (Å²) < 4.78 is 0. The van der Waals surface area contributed by atoms with Crippen molar-refractivity contribution in [3.8, 4) is 0 Å². The Labute approximate surface area is 90.1 Å². The van der Waals surface area contributed by atoms with Crippen LogP contribution in [0.3, 0.4) is 0 Å². The van der Waals surface area contributed by atoms with Gasteiger partial charge in [0.05, 0.1) is 0 Å². The van der Waals surface area contributed by atoms with E-state index in [1.54, 1.807) is 0 Å². The maximum atomic E-state index is 3.45. The van der Waals surface area contributed by atoms with Crippen molar-refractivity contribution < 1.29 is 0 Å². The SMILES string of the molecule is CCCCN(C)C(C)CCNCCC. The molecule has 0 aliphatic rings. The summed E-state index contributed by atoms with van der Waals surface area (Å²) in [5.41, 5.74) is 0. The molecule has 0 heterocycles. The highest BCUT2D eigenvalue weighted by Gasteiger charge is 2.06. The lowest BCUT2D eigenvalue weighted by atomic mass is 10.2. The van der Waals surface area contributed by atoms with Crippen molar-refractivity contribution >= 4 is 0 Å². The van der Waals surface area contributed by atoms with Crippen molar-refractivity contribution in [1.82, 2.24) is 10.2 Å². The van der Waals surface area contributed by atoms with E-state index in [9.17, 15) is 0 Å². The van der Waals surface area contributed by atoms with Crippen LogP contribution in [0.2, 0.25) is 0 Å². The zero-order valence-corrected chi connectivity index (χ0v) is 10.5. The highest BCUT2D eigenvalue weighted by Crippen LogP contribution is 2.02. The molecule has 0 spiro atoms. The summed E-state index contributed by atoms with van der Waals surface area (Å²) >= 11 is 0. The van der Waals surface area contributed by atoms with Gasteiger partial charge in [-0.05, 0) is 52.9 Å². The average Bonchev–Trinajstić information content (AvgIpc) is 2.20. The van der Waals surface area contributed by atoms with E-state index in [-0.39, 0.29) is 0 Å². The fourth-order valence-electron chi connectivity index (χ4n) is 1.46. The Morgan fingerprint density at radius 1 is 1.14 bits per heavy atom. The average molecular weight is 200 g/mol. The van der Waals surface area contributed by atoms with E-state index in [0.29, 0.717) is 6.04 Å². The van der Waals surface area contributed by atoms with Gasteiger partial charge in [-0.1, -0.05) is 20.3 Å². The Morgan fingerprint density at radius 2 is 1.86 bits per heavy atom. The van der Waals surface area contributed by atoms with Crippen LogP contribution in [0.1, 0.15) is 46.5 Å². The normalized spacial score (nSPS) is 13.5. The Hall–Kier alpha value is -0.0800. The fraction of sp³-hybridized carbons (Fsp3) is 1.00. The first-order valence-corrected chi connectivity index (χ1v) is 6.13. The third-order valence-electron chi connectivity index (χ3n) is 2.78. The molecule has 0 aromatic rings. The predicted octanol–water partition coefficient (Wildman–Crippen LogP) is 2.50. The summed E-state index contributed by atoms with van der Waals surface area (Å²) in [7, 11) is 2.24. The molecular weight excluding hydrogens is 172 g/mol.